The van der Waals surface area contributed by atoms with Crippen molar-refractivity contribution in [3.05, 3.63) is 27.8 Å². The number of carbonyl (C=O) groups is 1. The van der Waals surface area contributed by atoms with Gasteiger partial charge in [0.2, 0.25) is 3.79 Å². The van der Waals surface area contributed by atoms with Gasteiger partial charge in [0.1, 0.15) is 0 Å². The number of hydrogen-bond donors (Lipinski definition) is 3. The highest BCUT2D eigenvalue weighted by Gasteiger charge is 2.35. The summed E-state index contributed by atoms with van der Waals surface area (Å²) in [6.45, 7) is 1.91. The smallest absolute Gasteiger partial charge is 0.319 e. The van der Waals surface area contributed by atoms with Crippen LogP contribution in [0, 0.1) is 3.57 Å². The van der Waals surface area contributed by atoms with Crippen LogP contribution in [0.5, 0.6) is 0 Å². The Labute approximate surface area is 180 Å². The molecule has 1 atom stereocenters. The molecule has 11 heteroatoms. The summed E-state index contributed by atoms with van der Waals surface area (Å²) < 4.78 is 4.40. The fourth-order valence-electron chi connectivity index (χ4n) is 2.03. The van der Waals surface area contributed by atoms with Crippen LogP contribution in [0.3, 0.4) is 0 Å². The number of alkyl halides is 3. The third-order valence-electron chi connectivity index (χ3n) is 3.29. The van der Waals surface area contributed by atoms with Crippen molar-refractivity contribution in [2.45, 2.75) is 9.96 Å². The van der Waals surface area contributed by atoms with E-state index in [-0.39, 0.29) is 11.1 Å². The van der Waals surface area contributed by atoms with E-state index in [9.17, 15) is 4.79 Å². The molecule has 25 heavy (non-hydrogen) atoms. The molecule has 0 bridgehead atoms. The van der Waals surface area contributed by atoms with Crippen LogP contribution in [-0.4, -0.2) is 52.3 Å². The molecule has 2 amide bonds. The maximum absolute atomic E-state index is 12.3. The zero-order valence-electron chi connectivity index (χ0n) is 12.9. The molecule has 1 aliphatic heterocycles. The van der Waals surface area contributed by atoms with Crippen LogP contribution in [0.25, 0.3) is 0 Å². The van der Waals surface area contributed by atoms with Crippen LogP contribution in [0.4, 0.5) is 10.5 Å². The first-order chi connectivity index (χ1) is 11.8. The molecule has 1 fully saturated rings. The second-order valence-electron chi connectivity index (χ2n) is 5.10. The number of thiocarbonyl (C=S) groups is 1. The highest BCUT2D eigenvalue weighted by Crippen LogP contribution is 2.29. The number of rotatable bonds is 3. The highest BCUT2D eigenvalue weighted by molar-refractivity contribution is 14.1. The molecule has 1 heterocycles. The van der Waals surface area contributed by atoms with E-state index in [0.717, 1.165) is 9.26 Å². The van der Waals surface area contributed by atoms with Crippen molar-refractivity contribution in [2.75, 3.05) is 31.6 Å². The predicted octanol–water partition coefficient (Wildman–Crippen LogP) is 3.32. The number of urea groups is 1. The maximum atomic E-state index is 12.3. The quantitative estimate of drug-likeness (QED) is 0.239. The van der Waals surface area contributed by atoms with Crippen LogP contribution in [0.15, 0.2) is 24.3 Å². The van der Waals surface area contributed by atoms with Crippen molar-refractivity contribution in [3.8, 4) is 0 Å². The second-order valence-corrected chi connectivity index (χ2v) is 9.04. The summed E-state index contributed by atoms with van der Waals surface area (Å²) >= 11 is 25.4. The van der Waals surface area contributed by atoms with Gasteiger partial charge in [-0.15, -0.1) is 0 Å². The van der Waals surface area contributed by atoms with E-state index in [1.165, 1.54) is 0 Å². The number of ether oxygens (including phenoxy) is 1. The number of hydrogen-bond acceptors (Lipinski definition) is 3. The lowest BCUT2D eigenvalue weighted by Crippen LogP contribution is -2.59. The fourth-order valence-corrected chi connectivity index (χ4v) is 3.11. The third kappa shape index (κ3) is 6.76. The van der Waals surface area contributed by atoms with Crippen molar-refractivity contribution in [2.24, 2.45) is 0 Å². The molecule has 0 saturated carbocycles. The first kappa shape index (κ1) is 21.0. The van der Waals surface area contributed by atoms with Gasteiger partial charge in [-0.1, -0.05) is 46.9 Å². The van der Waals surface area contributed by atoms with E-state index < -0.39 is 9.96 Å². The van der Waals surface area contributed by atoms with E-state index in [2.05, 4.69) is 38.5 Å². The van der Waals surface area contributed by atoms with Crippen molar-refractivity contribution in [3.63, 3.8) is 0 Å². The molecule has 1 aliphatic rings. The van der Waals surface area contributed by atoms with Crippen LogP contribution < -0.4 is 16.0 Å². The van der Waals surface area contributed by atoms with Gasteiger partial charge in [-0.05, 0) is 46.9 Å². The Bertz CT molecular complexity index is 626. The molecule has 0 aliphatic carbocycles. The molecule has 1 saturated heterocycles. The molecule has 1 aromatic carbocycles. The van der Waals surface area contributed by atoms with Gasteiger partial charge in [-0.25, -0.2) is 4.79 Å². The molecule has 2 rings (SSSR count). The molecule has 0 spiro atoms. The van der Waals surface area contributed by atoms with Crippen molar-refractivity contribution >= 4 is 86.4 Å². The minimum atomic E-state index is -1.79. The van der Waals surface area contributed by atoms with Gasteiger partial charge in [0, 0.05) is 16.7 Å². The zero-order chi connectivity index (χ0) is 18.4. The molecule has 138 valence electrons. The number of amides is 2. The van der Waals surface area contributed by atoms with Crippen LogP contribution in [-0.2, 0) is 4.74 Å². The number of nitrogens with one attached hydrogen (secondary N) is 3. The zero-order valence-corrected chi connectivity index (χ0v) is 18.1. The average molecular weight is 538 g/mol. The monoisotopic (exact) mass is 536 g/mol. The van der Waals surface area contributed by atoms with Crippen LogP contribution >= 0.6 is 69.6 Å². The molecule has 3 N–H and O–H groups in total. The van der Waals surface area contributed by atoms with E-state index in [1.807, 2.05) is 24.3 Å². The van der Waals surface area contributed by atoms with E-state index >= 15 is 0 Å². The third-order valence-corrected chi connectivity index (χ3v) is 5.11. The molecule has 0 radical (unpaired) electrons. The largest absolute Gasteiger partial charge is 0.378 e. The van der Waals surface area contributed by atoms with Gasteiger partial charge in [0.05, 0.1) is 18.9 Å². The number of benzene rings is 1. The summed E-state index contributed by atoms with van der Waals surface area (Å²) in [7, 11) is 0. The Morgan fingerprint density at radius 2 is 1.88 bits per heavy atom. The molecule has 6 nitrogen and oxygen atoms in total. The van der Waals surface area contributed by atoms with Crippen molar-refractivity contribution < 1.29 is 9.53 Å². The molecular weight excluding hydrogens is 522 g/mol. The maximum Gasteiger partial charge on any atom is 0.319 e. The number of halogens is 4. The van der Waals surface area contributed by atoms with E-state index in [4.69, 9.17) is 51.8 Å². The fraction of sp³-hybridized carbons (Fsp3) is 0.429. The first-order valence-electron chi connectivity index (χ1n) is 7.29. The summed E-state index contributed by atoms with van der Waals surface area (Å²) in [6.07, 6.45) is -1.01. The SMILES string of the molecule is O=C(N[C@@H](NC(=S)Nc1ccccc1I)C(Cl)(Cl)Cl)N1CCOCC1. The van der Waals surface area contributed by atoms with Gasteiger partial charge in [-0.3, -0.25) is 0 Å². The number of morpholine rings is 1. The first-order valence-corrected chi connectivity index (χ1v) is 9.91. The molecule has 0 aromatic heterocycles. The molecule has 0 unspecified atom stereocenters. The summed E-state index contributed by atoms with van der Waals surface area (Å²) in [6, 6.07) is 7.23. The normalized spacial score (nSPS) is 16.1. The number of nitrogens with zero attached hydrogens (tertiary/aromatic N) is 1. The van der Waals surface area contributed by atoms with Crippen LogP contribution in [0.2, 0.25) is 0 Å². The number of carbonyl (C=O) groups excluding carboxylic acids is 1. The Hall–Kier alpha value is -0.260. The second kappa shape index (κ2) is 9.61. The van der Waals surface area contributed by atoms with Crippen molar-refractivity contribution in [1.82, 2.24) is 15.5 Å². The lowest BCUT2D eigenvalue weighted by Gasteiger charge is -2.32. The predicted molar refractivity (Wildman–Crippen MR) is 114 cm³/mol. The standard InChI is InChI=1S/C14H16Cl3IN4O2S/c15-14(16,17)11(21-13(23)22-5-7-24-8-6-22)20-12(25)19-10-4-2-1-3-9(10)18/h1-4,11H,5-8H2,(H,21,23)(H2,19,20,25)/t11-/m1/s1. The van der Waals surface area contributed by atoms with Crippen molar-refractivity contribution in [1.29, 1.82) is 0 Å². The minimum absolute atomic E-state index is 0.225. The van der Waals surface area contributed by atoms with Gasteiger partial charge >= 0.3 is 6.03 Å². The summed E-state index contributed by atoms with van der Waals surface area (Å²) in [5.41, 5.74) is 0.808. The van der Waals surface area contributed by atoms with E-state index in [0.29, 0.717) is 26.3 Å². The summed E-state index contributed by atoms with van der Waals surface area (Å²) in [4.78, 5) is 13.9. The Balaban J connectivity index is 1.98. The molecular formula is C14H16Cl3IN4O2S. The summed E-state index contributed by atoms with van der Waals surface area (Å²) in [5.74, 6) is 0. The highest BCUT2D eigenvalue weighted by atomic mass is 127. The Morgan fingerprint density at radius 1 is 1.24 bits per heavy atom. The molecule has 1 aromatic rings. The average Bonchev–Trinajstić information content (AvgIpc) is 2.56. The Kier molecular flexibility index (Phi) is 8.09. The van der Waals surface area contributed by atoms with Gasteiger partial charge < -0.3 is 25.6 Å². The number of para-hydroxylation sites is 1. The topological polar surface area (TPSA) is 65.6 Å². The summed E-state index contributed by atoms with van der Waals surface area (Å²) in [5, 5.41) is 8.73. The van der Waals surface area contributed by atoms with Crippen LogP contribution in [0.1, 0.15) is 0 Å². The lowest BCUT2D eigenvalue weighted by atomic mass is 10.3. The minimum Gasteiger partial charge on any atom is -0.378 e. The Morgan fingerprint density at radius 3 is 2.48 bits per heavy atom. The van der Waals surface area contributed by atoms with E-state index in [1.54, 1.807) is 4.90 Å². The van der Waals surface area contributed by atoms with Gasteiger partial charge in [-0.2, -0.15) is 0 Å². The van der Waals surface area contributed by atoms with Gasteiger partial charge in [0.15, 0.2) is 11.3 Å². The van der Waals surface area contributed by atoms with Gasteiger partial charge in [0.25, 0.3) is 0 Å². The number of anilines is 1. The lowest BCUT2D eigenvalue weighted by molar-refractivity contribution is 0.0524.